The Kier molecular flexibility index (Phi) is 5.05. The van der Waals surface area contributed by atoms with Gasteiger partial charge >= 0.3 is 0 Å². The normalized spacial score (nSPS) is 12.4. The van der Waals surface area contributed by atoms with E-state index in [2.05, 4.69) is 45.0 Å². The molecule has 0 radical (unpaired) electrons. The molecule has 1 aromatic heterocycles. The first kappa shape index (κ1) is 14.2. The molecule has 2 N–H and O–H groups in total. The summed E-state index contributed by atoms with van der Waals surface area (Å²) < 4.78 is 1.08. The van der Waals surface area contributed by atoms with Crippen LogP contribution < -0.4 is 5.73 Å². The van der Waals surface area contributed by atoms with Crippen molar-refractivity contribution in [2.75, 3.05) is 0 Å². The van der Waals surface area contributed by atoms with Crippen LogP contribution in [0, 0.1) is 0 Å². The van der Waals surface area contributed by atoms with Gasteiger partial charge in [-0.1, -0.05) is 35.0 Å². The second-order valence-corrected chi connectivity index (χ2v) is 5.56. The first-order chi connectivity index (χ1) is 9.17. The van der Waals surface area contributed by atoms with Crippen LogP contribution in [0.3, 0.4) is 0 Å². The van der Waals surface area contributed by atoms with Gasteiger partial charge in [-0.3, -0.25) is 0 Å². The van der Waals surface area contributed by atoms with Crippen LogP contribution in [-0.4, -0.2) is 16.0 Å². The first-order valence-electron chi connectivity index (χ1n) is 6.48. The quantitative estimate of drug-likeness (QED) is 0.921. The number of rotatable bonds is 5. The minimum atomic E-state index is 0.176. The van der Waals surface area contributed by atoms with E-state index in [1.165, 1.54) is 5.56 Å². The zero-order chi connectivity index (χ0) is 13.7. The van der Waals surface area contributed by atoms with Gasteiger partial charge in [-0.2, -0.15) is 0 Å². The molecule has 0 spiro atoms. The predicted octanol–water partition coefficient (Wildman–Crippen LogP) is 3.11. The number of hydrogen-bond acceptors (Lipinski definition) is 3. The van der Waals surface area contributed by atoms with E-state index in [9.17, 15) is 0 Å². The number of hydrogen-bond donors (Lipinski definition) is 1. The molecule has 100 valence electrons. The number of halogens is 1. The molecule has 4 heteroatoms. The fourth-order valence-corrected chi connectivity index (χ4v) is 2.10. The van der Waals surface area contributed by atoms with Gasteiger partial charge in [-0.25, -0.2) is 9.97 Å². The van der Waals surface area contributed by atoms with E-state index < -0.39 is 0 Å². The van der Waals surface area contributed by atoms with Gasteiger partial charge in [-0.05, 0) is 30.2 Å². The van der Waals surface area contributed by atoms with Crippen molar-refractivity contribution in [2.24, 2.45) is 5.73 Å². The number of nitrogens with two attached hydrogens (primary N) is 1. The number of benzene rings is 1. The van der Waals surface area contributed by atoms with Crippen molar-refractivity contribution in [3.8, 4) is 0 Å². The molecular weight excluding hydrogens is 302 g/mol. The molecule has 0 aliphatic carbocycles. The number of nitrogens with zero attached hydrogens (tertiary/aromatic N) is 2. The molecule has 0 bridgehead atoms. The molecule has 1 atom stereocenters. The van der Waals surface area contributed by atoms with Crippen LogP contribution in [0.1, 0.15) is 30.4 Å². The lowest BCUT2D eigenvalue weighted by Crippen LogP contribution is -2.22. The molecule has 0 saturated heterocycles. The number of aromatic nitrogens is 2. The van der Waals surface area contributed by atoms with E-state index >= 15 is 0 Å². The van der Waals surface area contributed by atoms with Gasteiger partial charge in [0, 0.05) is 35.2 Å². The maximum atomic E-state index is 5.96. The Bertz CT molecular complexity index is 525. The van der Waals surface area contributed by atoms with Crippen molar-refractivity contribution in [3.63, 3.8) is 0 Å². The lowest BCUT2D eigenvalue weighted by Gasteiger charge is -2.08. The van der Waals surface area contributed by atoms with Gasteiger partial charge in [0.15, 0.2) is 0 Å². The van der Waals surface area contributed by atoms with Gasteiger partial charge < -0.3 is 5.73 Å². The van der Waals surface area contributed by atoms with Crippen LogP contribution in [0.4, 0.5) is 0 Å². The van der Waals surface area contributed by atoms with E-state index in [1.807, 2.05) is 24.4 Å². The highest BCUT2D eigenvalue weighted by Gasteiger charge is 2.05. The Morgan fingerprint density at radius 3 is 2.63 bits per heavy atom. The molecule has 2 aromatic rings. The zero-order valence-electron chi connectivity index (χ0n) is 11.0. The minimum Gasteiger partial charge on any atom is -0.327 e. The van der Waals surface area contributed by atoms with Crippen molar-refractivity contribution in [2.45, 2.75) is 32.2 Å². The Hall–Kier alpha value is -1.26. The van der Waals surface area contributed by atoms with Gasteiger partial charge in [0.05, 0.1) is 0 Å². The third-order valence-electron chi connectivity index (χ3n) is 3.03. The average molecular weight is 320 g/mol. The van der Waals surface area contributed by atoms with Crippen molar-refractivity contribution >= 4 is 15.9 Å². The molecule has 2 rings (SSSR count). The molecule has 19 heavy (non-hydrogen) atoms. The fourth-order valence-electron chi connectivity index (χ4n) is 1.84. The van der Waals surface area contributed by atoms with Crippen molar-refractivity contribution in [1.29, 1.82) is 0 Å². The topological polar surface area (TPSA) is 51.8 Å². The highest BCUT2D eigenvalue weighted by atomic mass is 79.9. The molecule has 0 fully saturated rings. The standard InChI is InChI=1S/C15H18BrN3/c1-2-13(17)10-14-7-8-18-15(19-14)9-11-3-5-12(16)6-4-11/h3-8,13H,2,9-10,17H2,1H3. The molecule has 0 aliphatic rings. The van der Waals surface area contributed by atoms with E-state index in [4.69, 9.17) is 5.73 Å². The van der Waals surface area contributed by atoms with Crippen LogP contribution in [0.5, 0.6) is 0 Å². The van der Waals surface area contributed by atoms with Crippen LogP contribution >= 0.6 is 15.9 Å². The average Bonchev–Trinajstić information content (AvgIpc) is 2.42. The molecule has 1 aromatic carbocycles. The van der Waals surface area contributed by atoms with Crippen molar-refractivity contribution in [1.82, 2.24) is 9.97 Å². The summed E-state index contributed by atoms with van der Waals surface area (Å²) in [5.74, 6) is 0.850. The van der Waals surface area contributed by atoms with E-state index in [0.29, 0.717) is 0 Å². The third-order valence-corrected chi connectivity index (χ3v) is 3.56. The van der Waals surface area contributed by atoms with E-state index in [-0.39, 0.29) is 6.04 Å². The van der Waals surface area contributed by atoms with Gasteiger partial charge in [0.1, 0.15) is 5.82 Å². The predicted molar refractivity (Wildman–Crippen MR) is 81.0 cm³/mol. The van der Waals surface area contributed by atoms with Gasteiger partial charge in [0.2, 0.25) is 0 Å². The summed E-state index contributed by atoms with van der Waals surface area (Å²) in [5.41, 5.74) is 8.19. The molecule has 1 heterocycles. The fraction of sp³-hybridized carbons (Fsp3) is 0.333. The highest BCUT2D eigenvalue weighted by molar-refractivity contribution is 9.10. The van der Waals surface area contributed by atoms with Gasteiger partial charge in [0.25, 0.3) is 0 Å². The summed E-state index contributed by atoms with van der Waals surface area (Å²) in [6.07, 6.45) is 4.35. The van der Waals surface area contributed by atoms with E-state index in [1.54, 1.807) is 0 Å². The van der Waals surface area contributed by atoms with Crippen LogP contribution in [-0.2, 0) is 12.8 Å². The molecule has 1 unspecified atom stereocenters. The second-order valence-electron chi connectivity index (χ2n) is 4.64. The highest BCUT2D eigenvalue weighted by Crippen LogP contribution is 2.13. The molecule has 0 amide bonds. The molecule has 3 nitrogen and oxygen atoms in total. The molecular formula is C15H18BrN3. The Labute approximate surface area is 122 Å². The summed E-state index contributed by atoms with van der Waals surface area (Å²) in [5, 5.41) is 0. The largest absolute Gasteiger partial charge is 0.327 e. The zero-order valence-corrected chi connectivity index (χ0v) is 12.6. The van der Waals surface area contributed by atoms with Crippen LogP contribution in [0.15, 0.2) is 41.0 Å². The SMILES string of the molecule is CCC(N)Cc1ccnc(Cc2ccc(Br)cc2)n1. The maximum absolute atomic E-state index is 5.96. The second kappa shape index (κ2) is 6.78. The Morgan fingerprint density at radius 1 is 1.21 bits per heavy atom. The van der Waals surface area contributed by atoms with Gasteiger partial charge in [-0.15, -0.1) is 0 Å². The van der Waals surface area contributed by atoms with Crippen molar-refractivity contribution in [3.05, 3.63) is 58.1 Å². The van der Waals surface area contributed by atoms with Crippen molar-refractivity contribution < 1.29 is 0 Å². The van der Waals surface area contributed by atoms with E-state index in [0.717, 1.165) is 35.3 Å². The third kappa shape index (κ3) is 4.40. The summed E-state index contributed by atoms with van der Waals surface area (Å²) in [6.45, 7) is 2.09. The molecule has 0 saturated carbocycles. The Balaban J connectivity index is 2.08. The lowest BCUT2D eigenvalue weighted by molar-refractivity contribution is 0.633. The smallest absolute Gasteiger partial charge is 0.132 e. The Morgan fingerprint density at radius 2 is 1.95 bits per heavy atom. The minimum absolute atomic E-state index is 0.176. The van der Waals surface area contributed by atoms with Crippen LogP contribution in [0.25, 0.3) is 0 Å². The van der Waals surface area contributed by atoms with Crippen LogP contribution in [0.2, 0.25) is 0 Å². The summed E-state index contributed by atoms with van der Waals surface area (Å²) in [7, 11) is 0. The monoisotopic (exact) mass is 319 g/mol. The lowest BCUT2D eigenvalue weighted by atomic mass is 10.1. The molecule has 0 aliphatic heterocycles. The summed E-state index contributed by atoms with van der Waals surface area (Å²) >= 11 is 3.43. The first-order valence-corrected chi connectivity index (χ1v) is 7.27. The maximum Gasteiger partial charge on any atom is 0.132 e. The summed E-state index contributed by atoms with van der Waals surface area (Å²) in [4.78, 5) is 8.90. The summed E-state index contributed by atoms with van der Waals surface area (Å²) in [6, 6.07) is 10.4.